The molecule has 0 aromatic heterocycles. The van der Waals surface area contributed by atoms with Gasteiger partial charge in [-0.1, -0.05) is 13.0 Å². The number of carbonyl (C=O) groups excluding carboxylic acids is 1. The van der Waals surface area contributed by atoms with E-state index in [0.29, 0.717) is 35.8 Å². The molecule has 0 saturated carbocycles. The van der Waals surface area contributed by atoms with Gasteiger partial charge in [0, 0.05) is 18.4 Å². The Morgan fingerprint density at radius 1 is 0.966 bits per heavy atom. The number of carbonyl (C=O) groups is 1. The van der Waals surface area contributed by atoms with Gasteiger partial charge in [-0.15, -0.1) is 0 Å². The molecule has 3 rings (SSSR count). The average molecular weight is 398 g/mol. The van der Waals surface area contributed by atoms with E-state index in [0.717, 1.165) is 16.8 Å². The molecule has 0 bridgehead atoms. The van der Waals surface area contributed by atoms with Crippen molar-refractivity contribution in [3.8, 4) is 23.0 Å². The number of hydrogen-bond acceptors (Lipinski definition) is 6. The van der Waals surface area contributed by atoms with Crippen LogP contribution in [-0.4, -0.2) is 45.1 Å². The number of rotatable bonds is 7. The number of ether oxygens (including phenoxy) is 4. The van der Waals surface area contributed by atoms with E-state index in [-0.39, 0.29) is 11.9 Å². The molecule has 0 unspecified atom stereocenters. The van der Waals surface area contributed by atoms with Crippen LogP contribution in [0.5, 0.6) is 23.0 Å². The van der Waals surface area contributed by atoms with Gasteiger partial charge in [-0.25, -0.2) is 5.01 Å². The SMILES string of the molecule is CCC(=O)N1N=C(c2cc(OC)ccc2OC)C[C@H]1c1ccc(OC)c(OC)c1. The first-order valence-electron chi connectivity index (χ1n) is 9.40. The minimum absolute atomic E-state index is 0.0540. The maximum Gasteiger partial charge on any atom is 0.242 e. The summed E-state index contributed by atoms with van der Waals surface area (Å²) in [6.07, 6.45) is 0.903. The van der Waals surface area contributed by atoms with Gasteiger partial charge in [0.25, 0.3) is 0 Å². The minimum atomic E-state index is -0.242. The highest BCUT2D eigenvalue weighted by molar-refractivity contribution is 6.05. The molecule has 0 saturated heterocycles. The van der Waals surface area contributed by atoms with Crippen LogP contribution in [0.15, 0.2) is 41.5 Å². The second-order valence-corrected chi connectivity index (χ2v) is 6.54. The van der Waals surface area contributed by atoms with Gasteiger partial charge in [-0.3, -0.25) is 4.79 Å². The molecule has 1 aliphatic heterocycles. The van der Waals surface area contributed by atoms with Crippen molar-refractivity contribution in [3.63, 3.8) is 0 Å². The third-order valence-electron chi connectivity index (χ3n) is 4.98. The maximum absolute atomic E-state index is 12.6. The molecule has 0 spiro atoms. The molecule has 0 N–H and O–H groups in total. The number of methoxy groups -OCH3 is 4. The zero-order valence-corrected chi connectivity index (χ0v) is 17.4. The second-order valence-electron chi connectivity index (χ2n) is 6.54. The van der Waals surface area contributed by atoms with E-state index in [2.05, 4.69) is 5.10 Å². The molecular formula is C22H26N2O5. The van der Waals surface area contributed by atoms with E-state index < -0.39 is 0 Å². The van der Waals surface area contributed by atoms with Gasteiger partial charge in [0.2, 0.25) is 5.91 Å². The molecule has 29 heavy (non-hydrogen) atoms. The molecule has 154 valence electrons. The lowest BCUT2D eigenvalue weighted by molar-refractivity contribution is -0.132. The Kier molecular flexibility index (Phi) is 6.26. The Hall–Kier alpha value is -3.22. The smallest absolute Gasteiger partial charge is 0.242 e. The zero-order chi connectivity index (χ0) is 21.0. The van der Waals surface area contributed by atoms with E-state index in [9.17, 15) is 4.79 Å². The summed E-state index contributed by atoms with van der Waals surface area (Å²) in [6.45, 7) is 1.83. The standard InChI is InChI=1S/C22H26N2O5/c1-6-22(25)24-18(14-7-9-20(28-4)21(11-14)29-5)13-17(23-24)16-12-15(26-2)8-10-19(16)27-3/h7-12,18H,6,13H2,1-5H3/t18-/m0/s1. The van der Waals surface area contributed by atoms with E-state index >= 15 is 0 Å². The van der Waals surface area contributed by atoms with Crippen molar-refractivity contribution in [1.82, 2.24) is 5.01 Å². The molecule has 1 amide bonds. The Morgan fingerprint density at radius 2 is 1.66 bits per heavy atom. The van der Waals surface area contributed by atoms with Gasteiger partial charge in [-0.05, 0) is 35.9 Å². The highest BCUT2D eigenvalue weighted by Gasteiger charge is 2.34. The van der Waals surface area contributed by atoms with E-state index in [1.807, 2.05) is 43.3 Å². The lowest BCUT2D eigenvalue weighted by Gasteiger charge is -2.22. The number of amides is 1. The van der Waals surface area contributed by atoms with E-state index in [1.54, 1.807) is 33.4 Å². The molecule has 7 nitrogen and oxygen atoms in total. The Morgan fingerprint density at radius 3 is 2.28 bits per heavy atom. The second kappa shape index (κ2) is 8.86. The van der Waals surface area contributed by atoms with E-state index in [4.69, 9.17) is 18.9 Å². The normalized spacial score (nSPS) is 15.7. The predicted octanol–water partition coefficient (Wildman–Crippen LogP) is 3.81. The average Bonchev–Trinajstić information content (AvgIpc) is 3.22. The summed E-state index contributed by atoms with van der Waals surface area (Å²) in [6, 6.07) is 11.0. The summed E-state index contributed by atoms with van der Waals surface area (Å²) < 4.78 is 21.6. The van der Waals surface area contributed by atoms with Gasteiger partial charge in [0.15, 0.2) is 11.5 Å². The number of hydrogen-bond donors (Lipinski definition) is 0. The van der Waals surface area contributed by atoms with Crippen LogP contribution in [0.4, 0.5) is 0 Å². The third-order valence-corrected chi connectivity index (χ3v) is 4.98. The van der Waals surface area contributed by atoms with Crippen molar-refractivity contribution in [3.05, 3.63) is 47.5 Å². The summed E-state index contributed by atoms with van der Waals surface area (Å²) in [5.74, 6) is 2.58. The molecule has 1 heterocycles. The Bertz CT molecular complexity index is 925. The lowest BCUT2D eigenvalue weighted by Crippen LogP contribution is -2.26. The molecule has 0 aliphatic carbocycles. The first kappa shape index (κ1) is 20.5. The zero-order valence-electron chi connectivity index (χ0n) is 17.4. The van der Waals surface area contributed by atoms with Crippen LogP contribution in [0.3, 0.4) is 0 Å². The van der Waals surface area contributed by atoms with Crippen molar-refractivity contribution in [1.29, 1.82) is 0 Å². The van der Waals surface area contributed by atoms with Crippen LogP contribution in [0.1, 0.15) is 36.9 Å². The van der Waals surface area contributed by atoms with Crippen LogP contribution in [-0.2, 0) is 4.79 Å². The third kappa shape index (κ3) is 3.99. The molecule has 1 aliphatic rings. The fourth-order valence-corrected chi connectivity index (χ4v) is 3.42. The summed E-state index contributed by atoms with van der Waals surface area (Å²) >= 11 is 0. The fourth-order valence-electron chi connectivity index (χ4n) is 3.42. The number of nitrogens with zero attached hydrogens (tertiary/aromatic N) is 2. The van der Waals surface area contributed by atoms with Gasteiger partial charge in [0.1, 0.15) is 11.5 Å². The first-order chi connectivity index (χ1) is 14.1. The maximum atomic E-state index is 12.6. The fraction of sp³-hybridized carbons (Fsp3) is 0.364. The van der Waals surface area contributed by atoms with E-state index in [1.165, 1.54) is 0 Å². The van der Waals surface area contributed by atoms with Crippen LogP contribution in [0, 0.1) is 0 Å². The van der Waals surface area contributed by atoms with Crippen molar-refractivity contribution in [2.75, 3.05) is 28.4 Å². The first-order valence-corrected chi connectivity index (χ1v) is 9.40. The predicted molar refractivity (Wildman–Crippen MR) is 110 cm³/mol. The van der Waals surface area contributed by atoms with Crippen molar-refractivity contribution in [2.24, 2.45) is 5.10 Å². The summed E-state index contributed by atoms with van der Waals surface area (Å²) in [7, 11) is 6.41. The topological polar surface area (TPSA) is 69.6 Å². The quantitative estimate of drug-likeness (QED) is 0.709. The van der Waals surface area contributed by atoms with Crippen LogP contribution < -0.4 is 18.9 Å². The largest absolute Gasteiger partial charge is 0.497 e. The van der Waals surface area contributed by atoms with Crippen molar-refractivity contribution < 1.29 is 23.7 Å². The number of benzene rings is 2. The van der Waals surface area contributed by atoms with Gasteiger partial charge < -0.3 is 18.9 Å². The molecule has 2 aromatic carbocycles. The monoisotopic (exact) mass is 398 g/mol. The van der Waals surface area contributed by atoms with Crippen LogP contribution >= 0.6 is 0 Å². The summed E-state index contributed by atoms with van der Waals surface area (Å²) in [5.41, 5.74) is 2.50. The van der Waals surface area contributed by atoms with Crippen LogP contribution in [0.2, 0.25) is 0 Å². The summed E-state index contributed by atoms with van der Waals surface area (Å²) in [4.78, 5) is 12.6. The minimum Gasteiger partial charge on any atom is -0.497 e. The molecular weight excluding hydrogens is 372 g/mol. The number of hydrazone groups is 1. The molecule has 7 heteroatoms. The van der Waals surface area contributed by atoms with Gasteiger partial charge in [-0.2, -0.15) is 5.10 Å². The van der Waals surface area contributed by atoms with Gasteiger partial charge >= 0.3 is 0 Å². The molecule has 1 atom stereocenters. The highest BCUT2D eigenvalue weighted by Crippen LogP contribution is 2.39. The van der Waals surface area contributed by atoms with Crippen molar-refractivity contribution >= 4 is 11.6 Å². The van der Waals surface area contributed by atoms with Gasteiger partial charge in [0.05, 0.1) is 40.2 Å². The summed E-state index contributed by atoms with van der Waals surface area (Å²) in [5, 5.41) is 6.21. The molecule has 2 aromatic rings. The van der Waals surface area contributed by atoms with Crippen LogP contribution in [0.25, 0.3) is 0 Å². The molecule has 0 radical (unpaired) electrons. The Labute approximate surface area is 170 Å². The molecule has 0 fully saturated rings. The van der Waals surface area contributed by atoms with Crippen molar-refractivity contribution in [2.45, 2.75) is 25.8 Å². The Balaban J connectivity index is 2.03. The lowest BCUT2D eigenvalue weighted by atomic mass is 9.97. The highest BCUT2D eigenvalue weighted by atomic mass is 16.5.